The molecule has 3 rings (SSSR count). The summed E-state index contributed by atoms with van der Waals surface area (Å²) in [6, 6.07) is 10.5. The number of halogens is 1. The van der Waals surface area contributed by atoms with Crippen LogP contribution in [0.1, 0.15) is 26.7 Å². The Kier molecular flexibility index (Phi) is 5.51. The van der Waals surface area contributed by atoms with Crippen LogP contribution in [-0.4, -0.2) is 47.8 Å². The van der Waals surface area contributed by atoms with E-state index in [4.69, 9.17) is 10.2 Å². The highest BCUT2D eigenvalue weighted by Gasteiger charge is 2.27. The predicted molar refractivity (Wildman–Crippen MR) is 93.4 cm³/mol. The molecule has 0 saturated carbocycles. The van der Waals surface area contributed by atoms with Gasteiger partial charge in [-0.05, 0) is 31.2 Å². The summed E-state index contributed by atoms with van der Waals surface area (Å²) in [6.07, 6.45) is 0. The summed E-state index contributed by atoms with van der Waals surface area (Å²) in [5.74, 6) is 0.824. The zero-order valence-electron chi connectivity index (χ0n) is 13.4. The number of carbonyl (C=O) groups excluding carboxylic acids is 2. The van der Waals surface area contributed by atoms with Gasteiger partial charge in [-0.15, -0.1) is 12.4 Å². The number of benzene rings is 1. The Bertz CT molecular complexity index is 736. The summed E-state index contributed by atoms with van der Waals surface area (Å²) in [5.41, 5.74) is 6.84. The minimum atomic E-state index is -0.135. The highest BCUT2D eigenvalue weighted by atomic mass is 35.5. The monoisotopic (exact) mass is 349 g/mol. The number of amides is 2. The summed E-state index contributed by atoms with van der Waals surface area (Å²) in [4.78, 5) is 28.2. The highest BCUT2D eigenvalue weighted by molar-refractivity contribution is 5.99. The zero-order chi connectivity index (χ0) is 16.4. The van der Waals surface area contributed by atoms with E-state index in [9.17, 15) is 9.59 Å². The van der Waals surface area contributed by atoms with Crippen LogP contribution < -0.4 is 5.73 Å². The maximum atomic E-state index is 12.5. The average Bonchev–Trinajstić information content (AvgIpc) is 3.01. The highest BCUT2D eigenvalue weighted by Crippen LogP contribution is 2.16. The molecule has 2 amide bonds. The molecule has 0 unspecified atom stereocenters. The summed E-state index contributed by atoms with van der Waals surface area (Å²) >= 11 is 0. The van der Waals surface area contributed by atoms with E-state index in [1.807, 2.05) is 0 Å². The maximum absolute atomic E-state index is 12.5. The third-order valence-corrected chi connectivity index (χ3v) is 4.00. The van der Waals surface area contributed by atoms with Crippen molar-refractivity contribution in [1.82, 2.24) is 9.80 Å². The topological polar surface area (TPSA) is 79.8 Å². The molecule has 1 aromatic carbocycles. The van der Waals surface area contributed by atoms with Gasteiger partial charge in [0.15, 0.2) is 5.76 Å². The third-order valence-electron chi connectivity index (χ3n) is 4.00. The Morgan fingerprint density at radius 3 is 2.08 bits per heavy atom. The first kappa shape index (κ1) is 17.9. The molecule has 0 bridgehead atoms. The van der Waals surface area contributed by atoms with Gasteiger partial charge in [-0.2, -0.15) is 0 Å². The number of anilines is 1. The minimum absolute atomic E-state index is 0. The Hall–Kier alpha value is -2.47. The standard InChI is InChI=1S/C17H19N3O3.ClH/c1-12-6-7-15(23-12)17(22)20-10-8-19(9-11-20)16(21)13-4-2-3-5-14(13)18;/h2-7H,8-11,18H2,1H3;1H. The van der Waals surface area contributed by atoms with Gasteiger partial charge in [0.05, 0.1) is 5.56 Å². The normalized spacial score (nSPS) is 14.2. The fourth-order valence-corrected chi connectivity index (χ4v) is 2.68. The Labute approximate surface area is 146 Å². The van der Waals surface area contributed by atoms with Crippen molar-refractivity contribution in [1.29, 1.82) is 0 Å². The molecule has 2 heterocycles. The molecule has 7 heteroatoms. The Balaban J connectivity index is 0.00000208. The van der Waals surface area contributed by atoms with Gasteiger partial charge in [0, 0.05) is 31.9 Å². The number of nitrogens with two attached hydrogens (primary N) is 1. The largest absolute Gasteiger partial charge is 0.456 e. The van der Waals surface area contributed by atoms with Crippen LogP contribution in [0, 0.1) is 6.92 Å². The second-order valence-corrected chi connectivity index (χ2v) is 5.58. The number of para-hydroxylation sites is 1. The van der Waals surface area contributed by atoms with Gasteiger partial charge < -0.3 is 20.0 Å². The quantitative estimate of drug-likeness (QED) is 0.843. The zero-order valence-corrected chi connectivity index (χ0v) is 14.2. The van der Waals surface area contributed by atoms with Crippen LogP contribution in [0.4, 0.5) is 5.69 Å². The first-order valence-electron chi connectivity index (χ1n) is 7.56. The van der Waals surface area contributed by atoms with Gasteiger partial charge in [0.2, 0.25) is 0 Å². The number of piperazine rings is 1. The van der Waals surface area contributed by atoms with E-state index in [1.54, 1.807) is 53.1 Å². The molecule has 1 aliphatic heterocycles. The molecule has 2 N–H and O–H groups in total. The maximum Gasteiger partial charge on any atom is 0.289 e. The second-order valence-electron chi connectivity index (χ2n) is 5.58. The van der Waals surface area contributed by atoms with E-state index in [2.05, 4.69) is 0 Å². The summed E-state index contributed by atoms with van der Waals surface area (Å²) in [5, 5.41) is 0. The fourth-order valence-electron chi connectivity index (χ4n) is 2.68. The Morgan fingerprint density at radius 2 is 1.54 bits per heavy atom. The van der Waals surface area contributed by atoms with Crippen LogP contribution in [0.2, 0.25) is 0 Å². The lowest BCUT2D eigenvalue weighted by molar-refractivity contribution is 0.0518. The van der Waals surface area contributed by atoms with Crippen molar-refractivity contribution in [2.45, 2.75) is 6.92 Å². The number of furan rings is 1. The van der Waals surface area contributed by atoms with Crippen LogP contribution in [-0.2, 0) is 0 Å². The van der Waals surface area contributed by atoms with E-state index in [-0.39, 0.29) is 24.2 Å². The molecule has 0 radical (unpaired) electrons. The van der Waals surface area contributed by atoms with E-state index in [0.29, 0.717) is 49.0 Å². The smallest absolute Gasteiger partial charge is 0.289 e. The first-order valence-corrected chi connectivity index (χ1v) is 7.56. The number of nitrogen functional groups attached to an aromatic ring is 1. The number of hydrogen-bond acceptors (Lipinski definition) is 4. The van der Waals surface area contributed by atoms with Crippen molar-refractivity contribution in [3.63, 3.8) is 0 Å². The first-order chi connectivity index (χ1) is 11.1. The number of hydrogen-bond donors (Lipinski definition) is 1. The molecule has 1 saturated heterocycles. The van der Waals surface area contributed by atoms with E-state index in [1.165, 1.54) is 0 Å². The lowest BCUT2D eigenvalue weighted by atomic mass is 10.1. The molecular formula is C17H20ClN3O3. The molecule has 128 valence electrons. The summed E-state index contributed by atoms with van der Waals surface area (Å²) in [6.45, 7) is 3.74. The van der Waals surface area contributed by atoms with Crippen molar-refractivity contribution in [3.05, 3.63) is 53.5 Å². The SMILES string of the molecule is Cc1ccc(C(=O)N2CCN(C(=O)c3ccccc3N)CC2)o1.Cl. The van der Waals surface area contributed by atoms with E-state index >= 15 is 0 Å². The Morgan fingerprint density at radius 1 is 0.958 bits per heavy atom. The van der Waals surface area contributed by atoms with E-state index < -0.39 is 0 Å². The van der Waals surface area contributed by atoms with Crippen molar-refractivity contribution in [2.75, 3.05) is 31.9 Å². The molecule has 0 aliphatic carbocycles. The van der Waals surface area contributed by atoms with E-state index in [0.717, 1.165) is 0 Å². The summed E-state index contributed by atoms with van der Waals surface area (Å²) in [7, 11) is 0. The van der Waals surface area contributed by atoms with Crippen LogP contribution in [0.3, 0.4) is 0 Å². The lowest BCUT2D eigenvalue weighted by Gasteiger charge is -2.34. The molecular weight excluding hydrogens is 330 g/mol. The minimum Gasteiger partial charge on any atom is -0.456 e. The summed E-state index contributed by atoms with van der Waals surface area (Å²) < 4.78 is 5.37. The van der Waals surface area contributed by atoms with Gasteiger partial charge >= 0.3 is 0 Å². The average molecular weight is 350 g/mol. The number of nitrogens with zero attached hydrogens (tertiary/aromatic N) is 2. The molecule has 6 nitrogen and oxygen atoms in total. The van der Waals surface area contributed by atoms with Gasteiger partial charge in [0.25, 0.3) is 11.8 Å². The number of rotatable bonds is 2. The van der Waals surface area contributed by atoms with Gasteiger partial charge in [-0.25, -0.2) is 0 Å². The van der Waals surface area contributed by atoms with Crippen LogP contribution in [0.5, 0.6) is 0 Å². The van der Waals surface area contributed by atoms with Crippen molar-refractivity contribution < 1.29 is 14.0 Å². The lowest BCUT2D eigenvalue weighted by Crippen LogP contribution is -2.50. The van der Waals surface area contributed by atoms with Crippen molar-refractivity contribution >= 4 is 29.9 Å². The van der Waals surface area contributed by atoms with Gasteiger partial charge in [-0.3, -0.25) is 9.59 Å². The molecule has 0 atom stereocenters. The molecule has 1 fully saturated rings. The number of aryl methyl sites for hydroxylation is 1. The van der Waals surface area contributed by atoms with Crippen LogP contribution >= 0.6 is 12.4 Å². The second kappa shape index (κ2) is 7.40. The number of carbonyl (C=O) groups is 2. The van der Waals surface area contributed by atoms with Crippen LogP contribution in [0.15, 0.2) is 40.8 Å². The molecule has 2 aromatic rings. The van der Waals surface area contributed by atoms with Crippen molar-refractivity contribution in [2.24, 2.45) is 0 Å². The molecule has 0 spiro atoms. The molecule has 24 heavy (non-hydrogen) atoms. The van der Waals surface area contributed by atoms with Gasteiger partial charge in [-0.1, -0.05) is 12.1 Å². The van der Waals surface area contributed by atoms with Crippen molar-refractivity contribution in [3.8, 4) is 0 Å². The predicted octanol–water partition coefficient (Wildman–Crippen LogP) is 2.19. The van der Waals surface area contributed by atoms with Gasteiger partial charge in [0.1, 0.15) is 5.76 Å². The molecule has 1 aromatic heterocycles. The third kappa shape index (κ3) is 3.54. The fraction of sp³-hybridized carbons (Fsp3) is 0.294. The molecule has 1 aliphatic rings. The van der Waals surface area contributed by atoms with Crippen LogP contribution in [0.25, 0.3) is 0 Å².